The van der Waals surface area contributed by atoms with Crippen LogP contribution in [0.4, 0.5) is 5.95 Å². The maximum atomic E-state index is 12.9. The van der Waals surface area contributed by atoms with E-state index in [1.165, 1.54) is 11.1 Å². The van der Waals surface area contributed by atoms with E-state index in [0.29, 0.717) is 6.54 Å². The summed E-state index contributed by atoms with van der Waals surface area (Å²) in [7, 11) is 1.66. The third-order valence-electron chi connectivity index (χ3n) is 6.85. The topological polar surface area (TPSA) is 59.4 Å². The van der Waals surface area contributed by atoms with Crippen molar-refractivity contribution in [2.45, 2.75) is 32.9 Å². The number of carbonyl (C=O) groups excluding carboxylic acids is 1. The lowest BCUT2D eigenvalue weighted by molar-refractivity contribution is -0.125. The number of benzene rings is 3. The third-order valence-corrected chi connectivity index (χ3v) is 6.85. The number of nitrogens with zero attached hydrogens (tertiary/aromatic N) is 3. The monoisotopic (exact) mass is 468 g/mol. The number of carbonyl (C=O) groups is 1. The Labute approximate surface area is 206 Å². The number of hydrogen-bond acceptors (Lipinski definition) is 4. The van der Waals surface area contributed by atoms with Crippen molar-refractivity contribution in [1.29, 1.82) is 0 Å². The molecule has 2 heterocycles. The van der Waals surface area contributed by atoms with Crippen molar-refractivity contribution in [1.82, 2.24) is 14.9 Å². The van der Waals surface area contributed by atoms with Gasteiger partial charge in [-0.05, 0) is 43.5 Å². The van der Waals surface area contributed by atoms with Gasteiger partial charge in [0.25, 0.3) is 0 Å². The van der Waals surface area contributed by atoms with Crippen LogP contribution in [-0.2, 0) is 17.9 Å². The smallest absolute Gasteiger partial charge is 0.223 e. The van der Waals surface area contributed by atoms with Crippen molar-refractivity contribution in [3.05, 3.63) is 89.5 Å². The third kappa shape index (κ3) is 5.02. The molecule has 3 aromatic carbocycles. The number of methoxy groups -OCH3 is 1. The molecular weight excluding hydrogens is 436 g/mol. The van der Waals surface area contributed by atoms with E-state index in [4.69, 9.17) is 9.72 Å². The Kier molecular flexibility index (Phi) is 6.70. The molecule has 1 saturated heterocycles. The number of anilines is 1. The summed E-state index contributed by atoms with van der Waals surface area (Å²) in [5, 5.41) is 3.11. The highest BCUT2D eigenvalue weighted by Crippen LogP contribution is 2.28. The van der Waals surface area contributed by atoms with Crippen molar-refractivity contribution >= 4 is 22.9 Å². The van der Waals surface area contributed by atoms with Crippen LogP contribution in [0.3, 0.4) is 0 Å². The zero-order chi connectivity index (χ0) is 24.2. The Hall–Kier alpha value is -3.80. The van der Waals surface area contributed by atoms with Crippen LogP contribution in [0.1, 0.15) is 29.5 Å². The molecular formula is C29H32N4O2. The molecule has 0 bridgehead atoms. The van der Waals surface area contributed by atoms with E-state index < -0.39 is 0 Å². The second-order valence-electron chi connectivity index (χ2n) is 9.27. The van der Waals surface area contributed by atoms with Crippen molar-refractivity contribution in [3.8, 4) is 5.75 Å². The second kappa shape index (κ2) is 10.2. The number of hydrogen-bond donors (Lipinski definition) is 1. The van der Waals surface area contributed by atoms with Gasteiger partial charge in [0.2, 0.25) is 11.9 Å². The van der Waals surface area contributed by atoms with Gasteiger partial charge in [-0.15, -0.1) is 0 Å². The lowest BCUT2D eigenvalue weighted by Crippen LogP contribution is -2.41. The highest BCUT2D eigenvalue weighted by molar-refractivity contribution is 5.80. The van der Waals surface area contributed by atoms with Gasteiger partial charge in [-0.1, -0.05) is 60.2 Å². The average Bonchev–Trinajstić information content (AvgIpc) is 3.26. The first kappa shape index (κ1) is 23.0. The molecule has 180 valence electrons. The molecule has 4 aromatic rings. The summed E-state index contributed by atoms with van der Waals surface area (Å²) in [5.74, 6) is 1.91. The number of ether oxygens (including phenoxy) is 1. The van der Waals surface area contributed by atoms with Gasteiger partial charge >= 0.3 is 0 Å². The lowest BCUT2D eigenvalue weighted by atomic mass is 9.96. The van der Waals surface area contributed by atoms with Crippen molar-refractivity contribution in [2.24, 2.45) is 5.92 Å². The van der Waals surface area contributed by atoms with Crippen molar-refractivity contribution < 1.29 is 9.53 Å². The van der Waals surface area contributed by atoms with Crippen LogP contribution in [-0.4, -0.2) is 35.7 Å². The molecule has 1 aliphatic rings. The maximum absolute atomic E-state index is 12.9. The van der Waals surface area contributed by atoms with Gasteiger partial charge in [-0.3, -0.25) is 4.79 Å². The second-order valence-corrected chi connectivity index (χ2v) is 9.27. The van der Waals surface area contributed by atoms with E-state index >= 15 is 0 Å². The summed E-state index contributed by atoms with van der Waals surface area (Å²) in [5.41, 5.74) is 5.66. The Morgan fingerprint density at radius 2 is 1.80 bits per heavy atom. The predicted octanol–water partition coefficient (Wildman–Crippen LogP) is 4.93. The number of imidazole rings is 1. The number of aryl methyl sites for hydroxylation is 1. The molecule has 1 N–H and O–H groups in total. The Morgan fingerprint density at radius 3 is 2.60 bits per heavy atom. The normalized spacial score (nSPS) is 14.3. The Bertz CT molecular complexity index is 1320. The van der Waals surface area contributed by atoms with E-state index in [9.17, 15) is 4.79 Å². The first-order chi connectivity index (χ1) is 17.1. The van der Waals surface area contributed by atoms with E-state index in [1.807, 2.05) is 30.3 Å². The van der Waals surface area contributed by atoms with Gasteiger partial charge in [0.05, 0.1) is 24.7 Å². The van der Waals surface area contributed by atoms with Gasteiger partial charge in [0.1, 0.15) is 5.75 Å². The minimum Gasteiger partial charge on any atom is -0.496 e. The van der Waals surface area contributed by atoms with E-state index in [1.54, 1.807) is 7.11 Å². The molecule has 0 spiro atoms. The van der Waals surface area contributed by atoms with Crippen LogP contribution < -0.4 is 15.0 Å². The number of fused-ring (bicyclic) bond motifs is 1. The zero-order valence-corrected chi connectivity index (χ0v) is 20.4. The highest BCUT2D eigenvalue weighted by Gasteiger charge is 2.27. The molecule has 0 aliphatic carbocycles. The number of rotatable bonds is 7. The van der Waals surface area contributed by atoms with Crippen molar-refractivity contribution in [2.75, 3.05) is 25.1 Å². The van der Waals surface area contributed by atoms with Gasteiger partial charge in [-0.25, -0.2) is 4.98 Å². The van der Waals surface area contributed by atoms with Gasteiger partial charge in [0, 0.05) is 31.1 Å². The molecule has 35 heavy (non-hydrogen) atoms. The minimum absolute atomic E-state index is 0.00978. The SMILES string of the molecule is COc1ccccc1CNC(=O)C1CCN(c2nc3ccccc3n2Cc2cccc(C)c2)CC1. The molecule has 1 aromatic heterocycles. The Balaban J connectivity index is 1.28. The number of piperidine rings is 1. The van der Waals surface area contributed by atoms with Crippen LogP contribution in [0.2, 0.25) is 0 Å². The van der Waals surface area contributed by atoms with E-state index in [-0.39, 0.29) is 11.8 Å². The molecule has 6 nitrogen and oxygen atoms in total. The minimum atomic E-state index is 0.00978. The fourth-order valence-corrected chi connectivity index (χ4v) is 4.97. The fourth-order valence-electron chi connectivity index (χ4n) is 4.97. The van der Waals surface area contributed by atoms with Crippen LogP contribution in [0.5, 0.6) is 5.75 Å². The first-order valence-corrected chi connectivity index (χ1v) is 12.3. The number of nitrogens with one attached hydrogen (secondary N) is 1. The summed E-state index contributed by atoms with van der Waals surface area (Å²) >= 11 is 0. The largest absolute Gasteiger partial charge is 0.496 e. The molecule has 1 fully saturated rings. The Morgan fingerprint density at radius 1 is 1.03 bits per heavy atom. The predicted molar refractivity (Wildman–Crippen MR) is 140 cm³/mol. The summed E-state index contributed by atoms with van der Waals surface area (Å²) in [4.78, 5) is 20.2. The van der Waals surface area contributed by atoms with Crippen LogP contribution in [0.15, 0.2) is 72.8 Å². The number of para-hydroxylation sites is 3. The molecule has 6 heteroatoms. The van der Waals surface area contributed by atoms with Gasteiger partial charge in [0.15, 0.2) is 0 Å². The van der Waals surface area contributed by atoms with Crippen molar-refractivity contribution in [3.63, 3.8) is 0 Å². The number of amides is 1. The molecule has 1 aliphatic heterocycles. The van der Waals surface area contributed by atoms with Gasteiger partial charge < -0.3 is 19.5 Å². The lowest BCUT2D eigenvalue weighted by Gasteiger charge is -2.32. The van der Waals surface area contributed by atoms with E-state index in [2.05, 4.69) is 64.2 Å². The summed E-state index contributed by atoms with van der Waals surface area (Å²) in [6, 6.07) is 24.8. The fraction of sp³-hybridized carbons (Fsp3) is 0.310. The molecule has 5 rings (SSSR count). The molecule has 0 saturated carbocycles. The first-order valence-electron chi connectivity index (χ1n) is 12.3. The molecule has 0 unspecified atom stereocenters. The quantitative estimate of drug-likeness (QED) is 0.418. The summed E-state index contributed by atoms with van der Waals surface area (Å²) in [6.07, 6.45) is 1.62. The standard InChI is InChI=1S/C29H32N4O2/c1-21-8-7-9-22(18-21)20-33-26-12-5-4-11-25(26)31-29(33)32-16-14-23(15-17-32)28(34)30-19-24-10-3-6-13-27(24)35-2/h3-13,18,23H,14-17,19-20H2,1-2H3,(H,30,34). The van der Waals surface area contributed by atoms with Crippen LogP contribution >= 0.6 is 0 Å². The van der Waals surface area contributed by atoms with Crippen LogP contribution in [0, 0.1) is 12.8 Å². The zero-order valence-electron chi connectivity index (χ0n) is 20.4. The molecule has 0 radical (unpaired) electrons. The average molecular weight is 469 g/mol. The van der Waals surface area contributed by atoms with Gasteiger partial charge in [-0.2, -0.15) is 0 Å². The van der Waals surface area contributed by atoms with Crippen LogP contribution in [0.25, 0.3) is 11.0 Å². The number of aromatic nitrogens is 2. The summed E-state index contributed by atoms with van der Waals surface area (Å²) < 4.78 is 7.72. The molecule has 0 atom stereocenters. The molecule has 1 amide bonds. The van der Waals surface area contributed by atoms with E-state index in [0.717, 1.165) is 60.8 Å². The highest BCUT2D eigenvalue weighted by atomic mass is 16.5. The summed E-state index contributed by atoms with van der Waals surface area (Å²) in [6.45, 7) is 5.00. The maximum Gasteiger partial charge on any atom is 0.223 e.